The predicted molar refractivity (Wildman–Crippen MR) is 45.3 cm³/mol. The van der Waals surface area contributed by atoms with Crippen LogP contribution in [0.25, 0.3) is 0 Å². The molecule has 1 aliphatic heterocycles. The van der Waals surface area contributed by atoms with Gasteiger partial charge in [-0.2, -0.15) is 0 Å². The first-order valence-corrected chi connectivity index (χ1v) is 4.33. The fourth-order valence-electron chi connectivity index (χ4n) is 0.485. The fourth-order valence-corrected chi connectivity index (χ4v) is 1.28. The highest BCUT2D eigenvalue weighted by atomic mass is 32.2. The number of thioether (sulfide) groups is 1. The first-order chi connectivity index (χ1) is 4.30. The molecular formula is C7H15NS. The van der Waals surface area contributed by atoms with Crippen LogP contribution in [0.2, 0.25) is 0 Å². The molecule has 0 amide bonds. The van der Waals surface area contributed by atoms with Crippen molar-refractivity contribution in [3.63, 3.8) is 0 Å². The highest BCUT2D eigenvalue weighted by molar-refractivity contribution is 8.03. The Morgan fingerprint density at radius 1 is 1.33 bits per heavy atom. The highest BCUT2D eigenvalue weighted by Crippen LogP contribution is 2.21. The summed E-state index contributed by atoms with van der Waals surface area (Å²) in [4.78, 5) is 1.43. The molecule has 2 heteroatoms. The van der Waals surface area contributed by atoms with Crippen LogP contribution in [0.3, 0.4) is 0 Å². The number of nitrogens with one attached hydrogen (secondary N) is 1. The second-order valence-electron chi connectivity index (χ2n) is 1.65. The van der Waals surface area contributed by atoms with Gasteiger partial charge in [-0.15, -0.1) is 11.8 Å². The molecular weight excluding hydrogens is 130 g/mol. The molecule has 0 saturated carbocycles. The predicted octanol–water partition coefficient (Wildman–Crippen LogP) is 2.56. The maximum absolute atomic E-state index is 3.21. The number of hydrogen-bond acceptors (Lipinski definition) is 2. The standard InChI is InChI=1S/C5H9NS.C2H6/c1-4-5(2)7-3-6-4;1-2/h6H,3H2,1-2H3;1-2H3. The Morgan fingerprint density at radius 2 is 1.89 bits per heavy atom. The Hall–Kier alpha value is -0.110. The molecule has 0 aliphatic carbocycles. The second kappa shape index (κ2) is 4.74. The van der Waals surface area contributed by atoms with Gasteiger partial charge in [0, 0.05) is 10.6 Å². The van der Waals surface area contributed by atoms with Crippen molar-refractivity contribution in [3.05, 3.63) is 10.6 Å². The van der Waals surface area contributed by atoms with Gasteiger partial charge < -0.3 is 5.32 Å². The molecule has 1 rings (SSSR count). The molecule has 1 aliphatic rings. The maximum Gasteiger partial charge on any atom is 0.0651 e. The van der Waals surface area contributed by atoms with Gasteiger partial charge in [-0.25, -0.2) is 0 Å². The van der Waals surface area contributed by atoms with Crippen LogP contribution in [0.5, 0.6) is 0 Å². The lowest BCUT2D eigenvalue weighted by molar-refractivity contribution is 0.974. The van der Waals surface area contributed by atoms with E-state index in [1.165, 1.54) is 10.6 Å². The molecule has 0 fully saturated rings. The molecule has 54 valence electrons. The quantitative estimate of drug-likeness (QED) is 0.562. The normalized spacial score (nSPS) is 16.4. The highest BCUT2D eigenvalue weighted by Gasteiger charge is 2.02. The van der Waals surface area contributed by atoms with Gasteiger partial charge >= 0.3 is 0 Å². The maximum atomic E-state index is 3.21. The van der Waals surface area contributed by atoms with Crippen molar-refractivity contribution >= 4 is 11.8 Å². The summed E-state index contributed by atoms with van der Waals surface area (Å²) < 4.78 is 0. The van der Waals surface area contributed by atoms with E-state index in [1.54, 1.807) is 0 Å². The molecule has 0 spiro atoms. The fraction of sp³-hybridized carbons (Fsp3) is 0.714. The van der Waals surface area contributed by atoms with Crippen LogP contribution >= 0.6 is 11.8 Å². The van der Waals surface area contributed by atoms with Crippen molar-refractivity contribution < 1.29 is 0 Å². The van der Waals surface area contributed by atoms with Crippen LogP contribution in [0, 0.1) is 0 Å². The molecule has 0 saturated heterocycles. The van der Waals surface area contributed by atoms with Crippen molar-refractivity contribution in [1.29, 1.82) is 0 Å². The van der Waals surface area contributed by atoms with E-state index < -0.39 is 0 Å². The summed E-state index contributed by atoms with van der Waals surface area (Å²) in [6.45, 7) is 8.25. The van der Waals surface area contributed by atoms with Crippen LogP contribution in [-0.2, 0) is 0 Å². The average molecular weight is 145 g/mol. The first-order valence-electron chi connectivity index (χ1n) is 3.35. The minimum atomic E-state index is 1.07. The van der Waals surface area contributed by atoms with Crippen molar-refractivity contribution in [2.24, 2.45) is 0 Å². The number of rotatable bonds is 0. The van der Waals surface area contributed by atoms with Gasteiger partial charge in [-0.05, 0) is 13.8 Å². The van der Waals surface area contributed by atoms with E-state index in [2.05, 4.69) is 19.2 Å². The Morgan fingerprint density at radius 3 is 2.00 bits per heavy atom. The Bertz CT molecular complexity index is 95.5. The Balaban J connectivity index is 0.000000291. The third-order valence-electron chi connectivity index (χ3n) is 1.15. The number of allylic oxidation sites excluding steroid dienone is 2. The summed E-state index contributed by atoms with van der Waals surface area (Å²) in [5.74, 6) is 1.07. The van der Waals surface area contributed by atoms with Crippen LogP contribution in [-0.4, -0.2) is 5.88 Å². The zero-order chi connectivity index (χ0) is 7.28. The number of hydrogen-bond donors (Lipinski definition) is 1. The molecule has 0 radical (unpaired) electrons. The van der Waals surface area contributed by atoms with Crippen molar-refractivity contribution in [2.75, 3.05) is 5.88 Å². The first kappa shape index (κ1) is 8.89. The Kier molecular flexibility index (Phi) is 4.68. The van der Waals surface area contributed by atoms with Gasteiger partial charge in [-0.1, -0.05) is 13.8 Å². The average Bonchev–Trinajstić information content (AvgIpc) is 2.23. The largest absolute Gasteiger partial charge is 0.379 e. The SMILES string of the molecule is CC.CC1=C(C)SCN1. The van der Waals surface area contributed by atoms with E-state index in [0.29, 0.717) is 0 Å². The summed E-state index contributed by atoms with van der Waals surface area (Å²) in [6, 6.07) is 0. The van der Waals surface area contributed by atoms with Gasteiger partial charge in [0.1, 0.15) is 0 Å². The molecule has 0 bridgehead atoms. The second-order valence-corrected chi connectivity index (χ2v) is 2.84. The third kappa shape index (κ3) is 2.80. The van der Waals surface area contributed by atoms with E-state index in [0.717, 1.165) is 5.88 Å². The molecule has 0 atom stereocenters. The minimum Gasteiger partial charge on any atom is -0.379 e. The monoisotopic (exact) mass is 145 g/mol. The van der Waals surface area contributed by atoms with E-state index in [9.17, 15) is 0 Å². The third-order valence-corrected chi connectivity index (χ3v) is 2.18. The van der Waals surface area contributed by atoms with Crippen molar-refractivity contribution in [3.8, 4) is 0 Å². The molecule has 0 unspecified atom stereocenters. The lowest BCUT2D eigenvalue weighted by Crippen LogP contribution is -2.02. The van der Waals surface area contributed by atoms with Gasteiger partial charge in [-0.3, -0.25) is 0 Å². The molecule has 9 heavy (non-hydrogen) atoms. The summed E-state index contributed by atoms with van der Waals surface area (Å²) in [5.41, 5.74) is 1.34. The van der Waals surface area contributed by atoms with Crippen LogP contribution in [0.4, 0.5) is 0 Å². The minimum absolute atomic E-state index is 1.07. The molecule has 1 nitrogen and oxygen atoms in total. The summed E-state index contributed by atoms with van der Waals surface area (Å²) in [7, 11) is 0. The van der Waals surface area contributed by atoms with Crippen LogP contribution in [0.1, 0.15) is 27.7 Å². The van der Waals surface area contributed by atoms with E-state index in [4.69, 9.17) is 0 Å². The van der Waals surface area contributed by atoms with Crippen molar-refractivity contribution in [1.82, 2.24) is 5.32 Å². The van der Waals surface area contributed by atoms with Gasteiger partial charge in [0.2, 0.25) is 0 Å². The van der Waals surface area contributed by atoms with Gasteiger partial charge in [0.25, 0.3) is 0 Å². The lowest BCUT2D eigenvalue weighted by Gasteiger charge is -1.89. The smallest absolute Gasteiger partial charge is 0.0651 e. The van der Waals surface area contributed by atoms with Crippen molar-refractivity contribution in [2.45, 2.75) is 27.7 Å². The van der Waals surface area contributed by atoms with Crippen LogP contribution < -0.4 is 5.32 Å². The van der Waals surface area contributed by atoms with E-state index >= 15 is 0 Å². The molecule has 1 heterocycles. The Labute approximate surface area is 61.9 Å². The molecule has 0 aromatic heterocycles. The molecule has 0 aromatic rings. The topological polar surface area (TPSA) is 12.0 Å². The van der Waals surface area contributed by atoms with Crippen LogP contribution in [0.15, 0.2) is 10.6 Å². The van der Waals surface area contributed by atoms with Gasteiger partial charge in [0.05, 0.1) is 5.88 Å². The van der Waals surface area contributed by atoms with E-state index in [-0.39, 0.29) is 0 Å². The van der Waals surface area contributed by atoms with Gasteiger partial charge in [0.15, 0.2) is 0 Å². The zero-order valence-corrected chi connectivity index (χ0v) is 7.43. The zero-order valence-electron chi connectivity index (χ0n) is 6.62. The lowest BCUT2D eigenvalue weighted by atomic mass is 10.5. The summed E-state index contributed by atoms with van der Waals surface area (Å²) in [6.07, 6.45) is 0. The molecule has 0 aromatic carbocycles. The molecule has 1 N–H and O–H groups in total. The van der Waals surface area contributed by atoms with E-state index in [1.807, 2.05) is 25.6 Å². The summed E-state index contributed by atoms with van der Waals surface area (Å²) >= 11 is 1.87. The summed E-state index contributed by atoms with van der Waals surface area (Å²) in [5, 5.41) is 3.21.